The van der Waals surface area contributed by atoms with Gasteiger partial charge < -0.3 is 4.57 Å². The lowest BCUT2D eigenvalue weighted by molar-refractivity contribution is -0.143. The SMILES string of the molecule is N#Cc1ccc(-c2ccc3c4ccc(-c5ccc(C#N)cc5C#N)cc4n(-c4ccc(-c5cc(C(F)(F)F)cc(C(F)(F)F)c5)c(-c5nc(-c6ccccc6)nc(-c6ccccc6)n5)c4)c3c2)c(C#N)c1. The minimum atomic E-state index is -5.15. The molecule has 0 aliphatic rings. The Morgan fingerprint density at radius 1 is 0.366 bits per heavy atom. The number of aromatic nitrogens is 4. The number of nitrogens with zero attached hydrogens (tertiary/aromatic N) is 8. The fraction of sp³-hybridized carbons (Fsp3) is 0.0351. The summed E-state index contributed by atoms with van der Waals surface area (Å²) in [6.45, 7) is 0. The van der Waals surface area contributed by atoms with Crippen LogP contribution in [0.25, 0.3) is 95.0 Å². The summed E-state index contributed by atoms with van der Waals surface area (Å²) in [5, 5.41) is 41.0. The molecular formula is C57H28F6N8. The molecule has 10 rings (SSSR count). The first-order valence-electron chi connectivity index (χ1n) is 21.5. The van der Waals surface area contributed by atoms with Crippen molar-refractivity contribution in [2.45, 2.75) is 12.4 Å². The van der Waals surface area contributed by atoms with Crippen molar-refractivity contribution in [2.24, 2.45) is 0 Å². The van der Waals surface area contributed by atoms with Crippen molar-refractivity contribution in [3.8, 4) is 97.5 Å². The molecule has 0 amide bonds. The van der Waals surface area contributed by atoms with Gasteiger partial charge in [-0.2, -0.15) is 47.4 Å². The monoisotopic (exact) mass is 938 g/mol. The lowest BCUT2D eigenvalue weighted by Gasteiger charge is -2.18. The van der Waals surface area contributed by atoms with E-state index in [1.165, 1.54) is 18.2 Å². The van der Waals surface area contributed by atoms with E-state index in [4.69, 9.17) is 15.0 Å². The van der Waals surface area contributed by atoms with Crippen LogP contribution in [-0.2, 0) is 12.4 Å². The smallest absolute Gasteiger partial charge is 0.309 e. The first-order chi connectivity index (χ1) is 34.2. The number of halogens is 6. The molecule has 0 aliphatic heterocycles. The van der Waals surface area contributed by atoms with Gasteiger partial charge in [0.2, 0.25) is 0 Å². The molecule has 8 aromatic carbocycles. The topological polar surface area (TPSA) is 139 Å². The Labute approximate surface area is 400 Å². The summed E-state index contributed by atoms with van der Waals surface area (Å²) in [7, 11) is 0. The molecule has 0 spiro atoms. The van der Waals surface area contributed by atoms with E-state index < -0.39 is 29.0 Å². The van der Waals surface area contributed by atoms with Gasteiger partial charge in [0.25, 0.3) is 0 Å². The first-order valence-corrected chi connectivity index (χ1v) is 21.5. The van der Waals surface area contributed by atoms with Crippen LogP contribution in [0.2, 0.25) is 0 Å². The second kappa shape index (κ2) is 17.6. The molecule has 0 saturated heterocycles. The average Bonchev–Trinajstić information content (AvgIpc) is 3.72. The Morgan fingerprint density at radius 2 is 0.817 bits per heavy atom. The van der Waals surface area contributed by atoms with Crippen molar-refractivity contribution >= 4 is 21.8 Å². The highest BCUT2D eigenvalue weighted by molar-refractivity contribution is 6.11. The Hall–Kier alpha value is -9.89. The standard InChI is InChI=1S/C57H28F6N8/c58-56(59,60)42-23-39(24-43(27-42)57(61,62)63)47-20-15-44(28-50(47)55-69-53(35-7-3-1-4-8-35)68-54(70-55)36-9-5-2-6-10-36)71-51-25-37(45-16-11-33(29-64)21-40(45)31-66)13-18-48(51)49-19-14-38(26-52(49)71)46-17-12-34(30-65)22-41(46)32-67/h1-28H. The molecule has 0 saturated carbocycles. The van der Waals surface area contributed by atoms with Gasteiger partial charge in [0, 0.05) is 33.2 Å². The van der Waals surface area contributed by atoms with Gasteiger partial charge in [0.05, 0.1) is 68.7 Å². The largest absolute Gasteiger partial charge is 0.416 e. The molecule has 71 heavy (non-hydrogen) atoms. The van der Waals surface area contributed by atoms with Crippen molar-refractivity contribution in [3.05, 3.63) is 203 Å². The Bertz CT molecular complexity index is 3740. The third-order valence-electron chi connectivity index (χ3n) is 12.0. The molecule has 2 aromatic heterocycles. The van der Waals surface area contributed by atoms with Crippen LogP contribution in [-0.4, -0.2) is 19.5 Å². The Kier molecular flexibility index (Phi) is 11.2. The maximum absolute atomic E-state index is 14.5. The van der Waals surface area contributed by atoms with Gasteiger partial charge in [-0.25, -0.2) is 15.0 Å². The van der Waals surface area contributed by atoms with Gasteiger partial charge in [-0.15, -0.1) is 0 Å². The first kappa shape index (κ1) is 44.9. The number of hydrogen-bond donors (Lipinski definition) is 0. The van der Waals surface area contributed by atoms with Crippen LogP contribution in [0.1, 0.15) is 33.4 Å². The van der Waals surface area contributed by atoms with Crippen molar-refractivity contribution < 1.29 is 26.3 Å². The van der Waals surface area contributed by atoms with Crippen molar-refractivity contribution in [2.75, 3.05) is 0 Å². The maximum Gasteiger partial charge on any atom is 0.416 e. The van der Waals surface area contributed by atoms with E-state index in [0.29, 0.717) is 62.2 Å². The Balaban J connectivity index is 1.32. The molecule has 0 N–H and O–H groups in total. The summed E-state index contributed by atoms with van der Waals surface area (Å²) < 4.78 is 89.0. The van der Waals surface area contributed by atoms with E-state index in [-0.39, 0.29) is 56.9 Å². The number of alkyl halides is 6. The second-order valence-corrected chi connectivity index (χ2v) is 16.3. The van der Waals surface area contributed by atoms with Crippen LogP contribution in [0.3, 0.4) is 0 Å². The predicted octanol–water partition coefficient (Wildman–Crippen LogP) is 14.5. The van der Waals surface area contributed by atoms with E-state index in [2.05, 4.69) is 24.3 Å². The Morgan fingerprint density at radius 3 is 1.25 bits per heavy atom. The van der Waals surface area contributed by atoms with E-state index in [1.807, 2.05) is 41.0 Å². The molecule has 2 heterocycles. The number of nitriles is 4. The van der Waals surface area contributed by atoms with Gasteiger partial charge in [-0.1, -0.05) is 103 Å². The number of fused-ring (bicyclic) bond motifs is 3. The van der Waals surface area contributed by atoms with Crippen LogP contribution in [0.15, 0.2) is 170 Å². The third kappa shape index (κ3) is 8.44. The highest BCUT2D eigenvalue weighted by Gasteiger charge is 2.37. The third-order valence-corrected chi connectivity index (χ3v) is 12.0. The lowest BCUT2D eigenvalue weighted by atomic mass is 9.94. The van der Waals surface area contributed by atoms with Gasteiger partial charge in [0.15, 0.2) is 17.5 Å². The van der Waals surface area contributed by atoms with E-state index in [1.54, 1.807) is 97.1 Å². The molecule has 338 valence electrons. The lowest BCUT2D eigenvalue weighted by Crippen LogP contribution is -2.11. The molecule has 0 aliphatic carbocycles. The average molecular weight is 939 g/mol. The van der Waals surface area contributed by atoms with Crippen LogP contribution >= 0.6 is 0 Å². The van der Waals surface area contributed by atoms with E-state index in [0.717, 1.165) is 10.8 Å². The fourth-order valence-corrected chi connectivity index (χ4v) is 8.70. The van der Waals surface area contributed by atoms with Gasteiger partial charge >= 0.3 is 12.4 Å². The quantitative estimate of drug-likeness (QED) is 0.145. The highest BCUT2D eigenvalue weighted by atomic mass is 19.4. The summed E-state index contributed by atoms with van der Waals surface area (Å²) in [4.78, 5) is 14.5. The maximum atomic E-state index is 14.5. The van der Waals surface area contributed by atoms with Crippen molar-refractivity contribution in [1.29, 1.82) is 21.0 Å². The summed E-state index contributed by atoms with van der Waals surface area (Å²) >= 11 is 0. The van der Waals surface area contributed by atoms with Gasteiger partial charge in [-0.3, -0.25) is 0 Å². The molecule has 8 nitrogen and oxygen atoms in total. The molecular weight excluding hydrogens is 911 g/mol. The van der Waals surface area contributed by atoms with Crippen LogP contribution in [0.5, 0.6) is 0 Å². The molecule has 10 aromatic rings. The van der Waals surface area contributed by atoms with Gasteiger partial charge in [0.1, 0.15) is 0 Å². The minimum Gasteiger partial charge on any atom is -0.309 e. The van der Waals surface area contributed by atoms with Crippen LogP contribution in [0, 0.1) is 45.3 Å². The molecule has 0 radical (unpaired) electrons. The normalized spacial score (nSPS) is 11.5. The highest BCUT2D eigenvalue weighted by Crippen LogP contribution is 2.44. The second-order valence-electron chi connectivity index (χ2n) is 16.3. The van der Waals surface area contributed by atoms with Crippen molar-refractivity contribution in [1.82, 2.24) is 19.5 Å². The van der Waals surface area contributed by atoms with Gasteiger partial charge in [-0.05, 0) is 100 Å². The summed E-state index contributed by atoms with van der Waals surface area (Å²) in [5.74, 6) is 0.307. The van der Waals surface area contributed by atoms with Crippen LogP contribution in [0.4, 0.5) is 26.3 Å². The van der Waals surface area contributed by atoms with E-state index >= 15 is 0 Å². The number of benzene rings is 8. The molecule has 0 bridgehead atoms. The predicted molar refractivity (Wildman–Crippen MR) is 256 cm³/mol. The molecule has 0 atom stereocenters. The summed E-state index contributed by atoms with van der Waals surface area (Å²) in [6, 6.07) is 52.8. The van der Waals surface area contributed by atoms with Crippen molar-refractivity contribution in [3.63, 3.8) is 0 Å². The zero-order valence-electron chi connectivity index (χ0n) is 36.5. The zero-order valence-corrected chi connectivity index (χ0v) is 36.5. The molecule has 0 unspecified atom stereocenters. The van der Waals surface area contributed by atoms with Crippen LogP contribution < -0.4 is 0 Å². The number of hydrogen-bond acceptors (Lipinski definition) is 7. The summed E-state index contributed by atoms with van der Waals surface area (Å²) in [5.41, 5.74) is 2.52. The number of rotatable bonds is 7. The molecule has 14 heteroatoms. The van der Waals surface area contributed by atoms with E-state index in [9.17, 15) is 47.4 Å². The minimum absolute atomic E-state index is 0.0517. The zero-order chi connectivity index (χ0) is 49.6. The fourth-order valence-electron chi connectivity index (χ4n) is 8.70. The summed E-state index contributed by atoms with van der Waals surface area (Å²) in [6.07, 6.45) is -10.3. The molecule has 0 fully saturated rings.